The predicted octanol–water partition coefficient (Wildman–Crippen LogP) is 19.1. The molecule has 0 aliphatic carbocycles. The average molecular weight is 1910 g/mol. The summed E-state index contributed by atoms with van der Waals surface area (Å²) in [5.41, 5.74) is 27.0. The molecule has 0 bridgehead atoms. The van der Waals surface area contributed by atoms with Gasteiger partial charge in [0.25, 0.3) is 21.8 Å². The number of alkyl halides is 2. The summed E-state index contributed by atoms with van der Waals surface area (Å²) in [5.74, 6) is -3.38. The van der Waals surface area contributed by atoms with E-state index in [4.69, 9.17) is 19.9 Å². The molecule has 0 fully saturated rings. The summed E-state index contributed by atoms with van der Waals surface area (Å²) >= 11 is 0. The number of hydrogen-bond acceptors (Lipinski definition) is 14. The molecule has 4 atom stereocenters. The van der Waals surface area contributed by atoms with Gasteiger partial charge in [-0.1, -0.05) is 297 Å². The van der Waals surface area contributed by atoms with E-state index in [2.05, 4.69) is 212 Å². The number of aromatic nitrogens is 10. The normalized spacial score (nSPS) is 12.3. The number of fused-ring (bicyclic) bond motifs is 4. The van der Waals surface area contributed by atoms with Crippen LogP contribution in [0.2, 0.25) is 0 Å². The number of para-hydroxylation sites is 8. The molecule has 0 aliphatic rings. The number of aliphatic hydroxyl groups is 1. The van der Waals surface area contributed by atoms with Gasteiger partial charge in [-0.05, 0) is 181 Å². The molecule has 0 unspecified atom stereocenters. The van der Waals surface area contributed by atoms with Gasteiger partial charge in [0.15, 0.2) is 5.78 Å². The van der Waals surface area contributed by atoms with Crippen molar-refractivity contribution in [2.75, 3.05) is 26.2 Å². The van der Waals surface area contributed by atoms with Crippen molar-refractivity contribution in [2.24, 2.45) is 0 Å². The van der Waals surface area contributed by atoms with E-state index in [1.807, 2.05) is 192 Å². The Morgan fingerprint density at radius 2 is 0.638 bits per heavy atom. The lowest BCUT2D eigenvalue weighted by Gasteiger charge is -2.21. The van der Waals surface area contributed by atoms with Crippen molar-refractivity contribution >= 4 is 71.8 Å². The van der Waals surface area contributed by atoms with Crippen LogP contribution in [0.25, 0.3) is 44.1 Å². The third kappa shape index (κ3) is 24.6. The zero-order valence-electron chi connectivity index (χ0n) is 80.7. The zero-order chi connectivity index (χ0) is 99.5. The van der Waals surface area contributed by atoms with Crippen LogP contribution in [0, 0.1) is 84.0 Å². The van der Waals surface area contributed by atoms with Gasteiger partial charge in [0.1, 0.15) is 11.3 Å². The summed E-state index contributed by atoms with van der Waals surface area (Å²) in [6.45, 7) is 20.7. The van der Waals surface area contributed by atoms with Crippen LogP contribution >= 0.6 is 0 Å². The van der Waals surface area contributed by atoms with Crippen LogP contribution in [0.15, 0.2) is 319 Å². The smallest absolute Gasteiger partial charge is 0.350 e. The molecule has 18 rings (SSSR count). The molecule has 28 heteroatoms. The number of nitrogens with zero attached hydrogens (tertiary/aromatic N) is 10. The Hall–Kier alpha value is -15.5. The maximum Gasteiger partial charge on any atom is 0.350 e. The highest BCUT2D eigenvalue weighted by Crippen LogP contribution is 2.30. The number of carbonyl (C=O) groups is 3. The number of ketones is 1. The summed E-state index contributed by atoms with van der Waals surface area (Å²) in [5, 5.41) is 59.3. The molecular weight excluding hydrogens is 1790 g/mol. The number of benzene rings is 12. The maximum atomic E-state index is 13.4. The lowest BCUT2D eigenvalue weighted by molar-refractivity contribution is -0.122. The average Bonchev–Trinajstić information content (AvgIpc) is 1.66. The van der Waals surface area contributed by atoms with E-state index in [9.17, 15) is 47.5 Å². The van der Waals surface area contributed by atoms with Crippen LogP contribution in [0.4, 0.5) is 8.78 Å². The van der Waals surface area contributed by atoms with Gasteiger partial charge in [-0.15, -0.1) is 0 Å². The molecule has 0 saturated carbocycles. The second-order valence-corrected chi connectivity index (χ2v) is 38.0. The first-order chi connectivity index (χ1) is 68.0. The Balaban J connectivity index is 0.000000142. The fourth-order valence-electron chi connectivity index (χ4n) is 17.8. The van der Waals surface area contributed by atoms with Crippen molar-refractivity contribution in [3.05, 3.63) is 438 Å². The second kappa shape index (κ2) is 45.8. The SMILES string of the molecule is Cc1ccc(C[C@@H](C(=O)CCCO)n2c(=N)n(Cc3ccc(C)cc3)c3ccccc32)cc1.Cc1ccc(C[C@@H](CNC(=O)c2ccno2)n2c(=N)n(Cc3ccc(C)cc3)c3ccccc32)cc1.Cc1ccc(C[C@@H](CNC(=O)c2cnoc2C)n2c(=N)n(Cc3ccc(C)cc3)c3ccccc32)cc1.Cc1ccc(C[C@@H](CNS(=O)(=O)C(F)F)n2c(=N)n(Cc3ccc(C)cc3)c3ccccc32)cc1. The monoisotopic (exact) mass is 1910 g/mol. The molecule has 0 spiro atoms. The third-order valence-corrected chi connectivity index (χ3v) is 26.6. The first-order valence-corrected chi connectivity index (χ1v) is 48.8. The van der Waals surface area contributed by atoms with E-state index in [1.54, 1.807) is 17.6 Å². The number of nitrogens with one attached hydrogen (secondary N) is 7. The first kappa shape index (κ1) is 99.9. The summed E-state index contributed by atoms with van der Waals surface area (Å²) in [7, 11) is -4.78. The van der Waals surface area contributed by atoms with Crippen molar-refractivity contribution in [3.63, 3.8) is 0 Å². The van der Waals surface area contributed by atoms with Crippen molar-refractivity contribution < 1.29 is 45.7 Å². The third-order valence-electron chi connectivity index (χ3n) is 25.6. The van der Waals surface area contributed by atoms with Crippen molar-refractivity contribution in [1.82, 2.24) is 62.2 Å². The molecule has 6 aromatic heterocycles. The summed E-state index contributed by atoms with van der Waals surface area (Å²) < 4.78 is 77.6. The van der Waals surface area contributed by atoms with E-state index in [0.717, 1.165) is 99.8 Å². The molecule has 25 nitrogen and oxygen atoms in total. The van der Waals surface area contributed by atoms with Gasteiger partial charge >= 0.3 is 5.76 Å². The number of carbonyl (C=O) groups excluding carboxylic acids is 3. The number of aliphatic hydroxyl groups excluding tert-OH is 1. The van der Waals surface area contributed by atoms with Gasteiger partial charge in [-0.25, -0.2) is 13.1 Å². The highest BCUT2D eigenvalue weighted by Gasteiger charge is 2.31. The van der Waals surface area contributed by atoms with E-state index in [-0.39, 0.29) is 60.6 Å². The lowest BCUT2D eigenvalue weighted by Crippen LogP contribution is -2.38. The fourth-order valence-corrected chi connectivity index (χ4v) is 18.3. The largest absolute Gasteiger partial charge is 0.396 e. The topological polar surface area (TPSA) is 329 Å². The minimum atomic E-state index is -4.78. The molecule has 141 heavy (non-hydrogen) atoms. The van der Waals surface area contributed by atoms with Gasteiger partial charge in [-0.3, -0.25) is 40.6 Å². The lowest BCUT2D eigenvalue weighted by atomic mass is 9.98. The summed E-state index contributed by atoms with van der Waals surface area (Å²) in [4.78, 5) is 38.9. The Bertz CT molecular complexity index is 7730. The molecular formula is C113H119F2N17O8S. The van der Waals surface area contributed by atoms with E-state index >= 15 is 0 Å². The van der Waals surface area contributed by atoms with Crippen LogP contribution < -0.4 is 37.8 Å². The number of aryl methyl sites for hydroxylation is 9. The Kier molecular flexibility index (Phi) is 32.5. The molecule has 18 aromatic rings. The molecule has 8 N–H and O–H groups in total. The quantitative estimate of drug-likeness (QED) is 0.0188. The number of hydrogen-bond donors (Lipinski definition) is 8. The van der Waals surface area contributed by atoms with Crippen molar-refractivity contribution in [3.8, 4) is 0 Å². The molecule has 6 heterocycles. The minimum Gasteiger partial charge on any atom is -0.396 e. The molecule has 12 aromatic carbocycles. The van der Waals surface area contributed by atoms with Crippen LogP contribution in [0.5, 0.6) is 0 Å². The van der Waals surface area contributed by atoms with Gasteiger partial charge in [0.05, 0.1) is 107 Å². The Morgan fingerprint density at radius 1 is 0.355 bits per heavy atom. The number of Topliss-reactive ketones (excluding diaryl/α,β-unsaturated/α-hetero) is 1. The highest BCUT2D eigenvalue weighted by atomic mass is 32.2. The van der Waals surface area contributed by atoms with E-state index < -0.39 is 27.9 Å². The Labute approximate surface area is 817 Å². The molecule has 724 valence electrons. The van der Waals surface area contributed by atoms with Crippen LogP contribution in [-0.4, -0.2) is 110 Å². The number of halogens is 2. The van der Waals surface area contributed by atoms with Crippen LogP contribution in [0.1, 0.15) is 153 Å². The molecule has 0 radical (unpaired) electrons. The van der Waals surface area contributed by atoms with Crippen LogP contribution in [0.3, 0.4) is 0 Å². The first-order valence-electron chi connectivity index (χ1n) is 47.2. The number of imidazole rings is 4. The van der Waals surface area contributed by atoms with Gasteiger partial charge in [0, 0.05) is 45.1 Å². The van der Waals surface area contributed by atoms with Gasteiger partial charge < -0.3 is 56.8 Å². The van der Waals surface area contributed by atoms with Gasteiger partial charge in [-0.2, -0.15) is 8.78 Å². The standard InChI is InChI=1S/C30H31N5O2.C29H29N5O2.C28H31N3O2.C26H28F2N4O2S/c1-20-8-12-23(13-9-20)16-25(17-32-29(36)26-18-33-37-22(26)3)35-28-7-5-4-6-27(28)34(30(35)31)19-24-14-10-21(2)11-15-24;1-20-7-11-22(12-8-20)17-24(18-31-28(35)27-15-16-32-36-27)34-26-6-4-3-5-25(26)33(29(34)30)19-23-13-9-21(2)10-14-23;1-20-9-13-22(14-10-20)18-26(27(33)8-5-17-32)31-25-7-4-3-6-24(25)30(28(31)29)19-23-15-11-21(2)12-16-23;1-18-7-11-20(12-8-18)15-22(16-30-35(33,34)25(27)28)32-24-6-4-3-5-23(24)31(26(32)29)17-21-13-9-19(2)10-14-21/h4-15,18,25,31H,16-17,19H2,1-3H3,(H,32,36);3-16,24,30H,17-19H2,1-2H3,(H,31,35);3-4,6-7,9-16,26,29,32H,5,8,17-19H2,1-2H3;3-14,22,25,29-30H,15-17H2,1-2H3/t25-;24-;26-;22-/m0000/s1. The minimum absolute atomic E-state index is 0.0173. The van der Waals surface area contributed by atoms with Crippen LogP contribution in [-0.2, 0) is 66.7 Å². The number of amides is 2. The maximum absolute atomic E-state index is 13.4. The van der Waals surface area contributed by atoms with Crippen molar-refractivity contribution in [2.45, 2.75) is 157 Å². The van der Waals surface area contributed by atoms with E-state index in [0.29, 0.717) is 99.6 Å². The summed E-state index contributed by atoms with van der Waals surface area (Å²) in [6, 6.07) is 97.7. The van der Waals surface area contributed by atoms with E-state index in [1.165, 1.54) is 45.8 Å². The van der Waals surface area contributed by atoms with Gasteiger partial charge in [0.2, 0.25) is 28.2 Å². The Morgan fingerprint density at radius 3 is 0.929 bits per heavy atom. The second-order valence-electron chi connectivity index (χ2n) is 36.3. The molecule has 2 amide bonds. The predicted molar refractivity (Wildman–Crippen MR) is 547 cm³/mol. The number of rotatable bonds is 34. The highest BCUT2D eigenvalue weighted by molar-refractivity contribution is 7.89. The summed E-state index contributed by atoms with van der Waals surface area (Å²) in [6.07, 6.45) is 5.81. The molecule has 0 aliphatic heterocycles. The fraction of sp³-hybridized carbons (Fsp3) is 0.248. The van der Waals surface area contributed by atoms with Crippen molar-refractivity contribution in [1.29, 1.82) is 21.6 Å². The zero-order valence-corrected chi connectivity index (χ0v) is 81.5. The number of sulfonamides is 1. The molecule has 0 saturated heterocycles.